The number of hydrogen-bond donors (Lipinski definition) is 2. The largest absolute Gasteiger partial charge is 0.456 e. The Morgan fingerprint density at radius 1 is 0.852 bits per heavy atom. The maximum atomic E-state index is 14.7. The van der Waals surface area contributed by atoms with Crippen molar-refractivity contribution < 1.29 is 50.6 Å². The van der Waals surface area contributed by atoms with Crippen LogP contribution in [0, 0.1) is 37.1 Å². The van der Waals surface area contributed by atoms with Crippen LogP contribution >= 0.6 is 0 Å². The first-order valence-electron chi connectivity index (χ1n) is 20.1. The van der Waals surface area contributed by atoms with Crippen LogP contribution in [-0.4, -0.2) is 81.8 Å². The molecule has 0 aromatic heterocycles. The summed E-state index contributed by atoms with van der Waals surface area (Å²) in [4.78, 5) is 44.9. The zero-order valence-electron chi connectivity index (χ0n) is 35.3. The molecule has 0 spiro atoms. The normalized spacial score (nSPS) is 11.3. The van der Waals surface area contributed by atoms with E-state index in [2.05, 4.69) is 22.2 Å². The summed E-state index contributed by atoms with van der Waals surface area (Å²) in [7, 11) is 0. The van der Waals surface area contributed by atoms with Crippen LogP contribution in [0.1, 0.15) is 55.6 Å². The van der Waals surface area contributed by atoms with Crippen LogP contribution in [0.15, 0.2) is 76.7 Å². The first kappa shape index (κ1) is 47.6. The van der Waals surface area contributed by atoms with Gasteiger partial charge in [-0.1, -0.05) is 38.6 Å². The molecule has 1 aliphatic heterocycles. The van der Waals surface area contributed by atoms with Gasteiger partial charge >= 0.3 is 5.97 Å². The Labute approximate surface area is 352 Å². The highest BCUT2D eigenvalue weighted by molar-refractivity contribution is 6.09. The molecule has 1 heterocycles. The van der Waals surface area contributed by atoms with Gasteiger partial charge < -0.3 is 34.2 Å². The molecule has 0 bridgehead atoms. The average Bonchev–Trinajstić information content (AvgIpc) is 3.25. The highest BCUT2D eigenvalue weighted by Gasteiger charge is 2.27. The number of hydrogen-bond acceptors (Lipinski definition) is 9. The van der Waals surface area contributed by atoms with Crippen LogP contribution in [0.4, 0.5) is 23.2 Å². The fourth-order valence-corrected chi connectivity index (χ4v) is 6.42. The Morgan fingerprint density at radius 2 is 1.54 bits per heavy atom. The lowest BCUT2D eigenvalue weighted by Gasteiger charge is -2.25. The van der Waals surface area contributed by atoms with Crippen molar-refractivity contribution in [2.24, 2.45) is 4.99 Å². The second-order valence-electron chi connectivity index (χ2n) is 13.4. The lowest BCUT2D eigenvalue weighted by molar-refractivity contribution is -0.135. The second kappa shape index (κ2) is 23.1. The Bertz CT molecular complexity index is 2360. The molecule has 2 aliphatic rings. The van der Waals surface area contributed by atoms with E-state index in [1.165, 1.54) is 4.90 Å². The molecule has 11 nitrogen and oxygen atoms in total. The topological polar surface area (TPSA) is 132 Å². The molecule has 3 aromatic carbocycles. The Hall–Kier alpha value is -6.06. The van der Waals surface area contributed by atoms with Crippen molar-refractivity contribution in [1.29, 1.82) is 0 Å². The highest BCUT2D eigenvalue weighted by atomic mass is 19.2. The zero-order chi connectivity index (χ0) is 44.6. The number of benzene rings is 4. The number of carbonyl (C=O) groups excluding carboxylic acids is 3. The van der Waals surface area contributed by atoms with Crippen molar-refractivity contribution in [3.63, 3.8) is 0 Å². The number of nitrogens with zero attached hydrogens (tertiary/aromatic N) is 2. The lowest BCUT2D eigenvalue weighted by atomic mass is 9.89. The van der Waals surface area contributed by atoms with Gasteiger partial charge in [-0.2, -0.15) is 8.78 Å². The number of aryl methyl sites for hydroxylation is 2. The van der Waals surface area contributed by atoms with Crippen molar-refractivity contribution in [2.75, 3.05) is 64.5 Å². The molecule has 1 aliphatic carbocycles. The maximum Gasteiger partial charge on any atom is 0.313 e. The summed E-state index contributed by atoms with van der Waals surface area (Å²) in [6.07, 6.45) is 0.546. The van der Waals surface area contributed by atoms with Crippen LogP contribution in [0.5, 0.6) is 5.75 Å². The number of rotatable bonds is 19. The molecule has 5 rings (SSSR count). The minimum absolute atomic E-state index is 0.00194. The number of amides is 2. The summed E-state index contributed by atoms with van der Waals surface area (Å²) < 4.78 is 78.9. The zero-order valence-corrected chi connectivity index (χ0v) is 35.3. The van der Waals surface area contributed by atoms with Gasteiger partial charge in [0.05, 0.1) is 38.2 Å². The molecule has 0 radical (unpaired) electrons. The first-order chi connectivity index (χ1) is 29.4. The molecule has 326 valence electrons. The van der Waals surface area contributed by atoms with Crippen molar-refractivity contribution >= 4 is 34.4 Å². The predicted molar refractivity (Wildman–Crippen MR) is 227 cm³/mol. The van der Waals surface area contributed by atoms with Crippen LogP contribution in [0.2, 0.25) is 0 Å². The third kappa shape index (κ3) is 12.0. The second-order valence-corrected chi connectivity index (χ2v) is 13.4. The molecule has 0 saturated heterocycles. The molecular formula is C46H52F4N4O7. The van der Waals surface area contributed by atoms with Crippen molar-refractivity contribution in [3.8, 4) is 28.2 Å². The summed E-state index contributed by atoms with van der Waals surface area (Å²) in [6, 6.07) is 14.7. The van der Waals surface area contributed by atoms with Gasteiger partial charge in [-0.25, -0.2) is 8.78 Å². The number of nitrogens with one attached hydrogen (secondary N) is 2. The summed E-state index contributed by atoms with van der Waals surface area (Å²) >= 11 is 0. The first-order valence-corrected chi connectivity index (χ1v) is 20.1. The van der Waals surface area contributed by atoms with E-state index in [1.54, 1.807) is 18.2 Å². The van der Waals surface area contributed by atoms with Gasteiger partial charge in [0, 0.05) is 78.7 Å². The van der Waals surface area contributed by atoms with Gasteiger partial charge in [-0.15, -0.1) is 0 Å². The summed E-state index contributed by atoms with van der Waals surface area (Å²) in [5.74, 6) is -10.3. The van der Waals surface area contributed by atoms with E-state index in [1.807, 2.05) is 71.9 Å². The lowest BCUT2D eigenvalue weighted by Crippen LogP contribution is -2.36. The molecule has 0 unspecified atom stereocenters. The van der Waals surface area contributed by atoms with Crippen LogP contribution < -0.4 is 20.7 Å². The van der Waals surface area contributed by atoms with Gasteiger partial charge in [0.1, 0.15) is 11.3 Å². The van der Waals surface area contributed by atoms with Gasteiger partial charge in [0.25, 0.3) is 5.91 Å². The number of anilines is 1. The third-order valence-electron chi connectivity index (χ3n) is 9.27. The standard InChI is InChI=1S/C44H46F4N4O7.C2H6/c1-6-38(53)51-14-17-56-19-20-57-18-16-52(15-13-39(54)59-43-41(47)32(45)23-33(46)42(43)48)44(55)29-12-10-9-11-28(29)40-30-21-26(4)34(49-7-2)24-36(30)58-37-25-35(50-8-3)27(5)22-31(37)40;1-2/h6,9-12,21-25,49H,1,7-8,13-20H2,2-5H3,(H,51,53);1-2H3. The molecule has 2 amide bonds. The summed E-state index contributed by atoms with van der Waals surface area (Å²) in [5.41, 5.74) is 5.56. The van der Waals surface area contributed by atoms with Crippen LogP contribution in [0.25, 0.3) is 33.4 Å². The molecule has 0 fully saturated rings. The van der Waals surface area contributed by atoms with E-state index in [4.69, 9.17) is 18.6 Å². The minimum atomic E-state index is -1.87. The van der Waals surface area contributed by atoms with E-state index >= 15 is 0 Å². The number of esters is 1. The highest BCUT2D eigenvalue weighted by Crippen LogP contribution is 2.43. The predicted octanol–water partition coefficient (Wildman–Crippen LogP) is 8.53. The van der Waals surface area contributed by atoms with E-state index < -0.39 is 47.3 Å². The van der Waals surface area contributed by atoms with Crippen molar-refractivity contribution in [1.82, 2.24) is 10.2 Å². The van der Waals surface area contributed by atoms with E-state index in [9.17, 15) is 31.9 Å². The fraction of sp³-hybridized carbons (Fsp3) is 0.348. The van der Waals surface area contributed by atoms with Gasteiger partial charge in [0.15, 0.2) is 11.6 Å². The summed E-state index contributed by atoms with van der Waals surface area (Å²) in [5, 5.41) is 7.46. The van der Waals surface area contributed by atoms with E-state index in [-0.39, 0.29) is 63.6 Å². The molecule has 15 heteroatoms. The molecular weight excluding hydrogens is 797 g/mol. The number of ether oxygens (including phenoxy) is 3. The molecule has 2 N–H and O–H groups in total. The van der Waals surface area contributed by atoms with Crippen molar-refractivity contribution in [3.05, 3.63) is 113 Å². The van der Waals surface area contributed by atoms with E-state index in [0.29, 0.717) is 30.0 Å². The van der Waals surface area contributed by atoms with Gasteiger partial charge in [-0.05, 0) is 68.7 Å². The Morgan fingerprint density at radius 3 is 2.21 bits per heavy atom. The van der Waals surface area contributed by atoms with Crippen LogP contribution in [-0.2, 0) is 19.1 Å². The number of fused-ring (bicyclic) bond motifs is 2. The monoisotopic (exact) mass is 848 g/mol. The number of carbonyl (C=O) groups is 3. The SMILES string of the molecule is C=CC(=O)NCCOCCOCCN(CCC(=O)Oc1c(F)c(F)cc(F)c1F)C(=O)c1ccccc1-c1c2cc(C)c(=NCC)cc-2oc2cc(NCC)c(C)cc12.CC. The third-order valence-corrected chi connectivity index (χ3v) is 9.27. The number of halogens is 4. The minimum Gasteiger partial charge on any atom is -0.456 e. The molecule has 0 atom stereocenters. The molecule has 3 aromatic rings. The van der Waals surface area contributed by atoms with E-state index in [0.717, 1.165) is 44.8 Å². The van der Waals surface area contributed by atoms with Gasteiger partial charge in [0.2, 0.25) is 23.3 Å². The average molecular weight is 849 g/mol. The Kier molecular flexibility index (Phi) is 18.0. The van der Waals surface area contributed by atoms with Gasteiger partial charge in [-0.3, -0.25) is 19.4 Å². The van der Waals surface area contributed by atoms with Crippen molar-refractivity contribution in [2.45, 2.75) is 48.0 Å². The van der Waals surface area contributed by atoms with Crippen LogP contribution in [0.3, 0.4) is 0 Å². The maximum absolute atomic E-state index is 14.7. The smallest absolute Gasteiger partial charge is 0.313 e. The molecule has 0 saturated carbocycles. The quantitative estimate of drug-likeness (QED) is 0.0161. The summed E-state index contributed by atoms with van der Waals surface area (Å²) in [6.45, 7) is 16.9. The molecule has 61 heavy (non-hydrogen) atoms. The fourth-order valence-electron chi connectivity index (χ4n) is 6.42. The Balaban J connectivity index is 0.00000403.